The Balaban J connectivity index is 2.60. The summed E-state index contributed by atoms with van der Waals surface area (Å²) >= 11 is 0. The molecule has 0 unspecified atom stereocenters. The summed E-state index contributed by atoms with van der Waals surface area (Å²) in [5.41, 5.74) is 0.509. The first-order valence-corrected chi connectivity index (χ1v) is 6.78. The van der Waals surface area contributed by atoms with E-state index in [1.165, 1.54) is 40.4 Å². The zero-order valence-electron chi connectivity index (χ0n) is 13.7. The molecule has 1 heterocycles. The maximum Gasteiger partial charge on any atom is 0.299 e. The fraction of sp³-hybridized carbons (Fsp3) is 0.467. The van der Waals surface area contributed by atoms with Crippen LogP contribution in [0.4, 0.5) is 5.69 Å². The minimum absolute atomic E-state index is 0.0587. The topological polar surface area (TPSA) is 83.5 Å². The number of anilines is 1. The van der Waals surface area contributed by atoms with Crippen molar-refractivity contribution in [3.05, 3.63) is 11.6 Å². The van der Waals surface area contributed by atoms with E-state index in [4.69, 9.17) is 23.7 Å². The highest BCUT2D eigenvalue weighted by Crippen LogP contribution is 2.48. The second kappa shape index (κ2) is 6.84. The van der Waals surface area contributed by atoms with Crippen molar-refractivity contribution in [3.63, 3.8) is 0 Å². The first kappa shape index (κ1) is 17.0. The van der Waals surface area contributed by atoms with Gasteiger partial charge < -0.3 is 23.7 Å². The lowest BCUT2D eigenvalue weighted by Gasteiger charge is -2.23. The first-order valence-electron chi connectivity index (χ1n) is 6.78. The Hall–Kier alpha value is -2.32. The molecule has 0 N–H and O–H groups in total. The third-order valence-electron chi connectivity index (χ3n) is 3.62. The van der Waals surface area contributed by atoms with Gasteiger partial charge in [0, 0.05) is 20.3 Å². The summed E-state index contributed by atoms with van der Waals surface area (Å²) in [5, 5.41) is 0. The number of amides is 1. The van der Waals surface area contributed by atoms with Crippen LogP contribution in [-0.2, 0) is 14.3 Å². The van der Waals surface area contributed by atoms with Crippen molar-refractivity contribution >= 4 is 17.4 Å². The Morgan fingerprint density at radius 2 is 1.57 bits per heavy atom. The Labute approximate surface area is 133 Å². The first-order chi connectivity index (χ1) is 11.0. The average molecular weight is 325 g/mol. The van der Waals surface area contributed by atoms with Crippen molar-refractivity contribution in [1.82, 2.24) is 0 Å². The molecule has 1 aromatic rings. The number of hydrogen-bond donors (Lipinski definition) is 0. The number of rotatable bonds is 7. The number of hydrogen-bond acceptors (Lipinski definition) is 7. The van der Waals surface area contributed by atoms with Crippen LogP contribution in [0.5, 0.6) is 17.2 Å². The maximum absolute atomic E-state index is 12.4. The average Bonchev–Trinajstić information content (AvgIpc) is 2.81. The fourth-order valence-electron chi connectivity index (χ4n) is 2.49. The van der Waals surface area contributed by atoms with Crippen LogP contribution in [0.2, 0.25) is 0 Å². The summed E-state index contributed by atoms with van der Waals surface area (Å²) in [7, 11) is 7.18. The third-order valence-corrected chi connectivity index (χ3v) is 3.62. The summed E-state index contributed by atoms with van der Waals surface area (Å²) in [6, 6.07) is 1.56. The minimum atomic E-state index is -0.687. The SMILES string of the molecule is COc1cc2c(c(OC)c1OC)C(=O)C(=O)N2CC(OC)OC. The van der Waals surface area contributed by atoms with E-state index in [0.29, 0.717) is 11.4 Å². The molecule has 0 fully saturated rings. The molecule has 1 aliphatic heterocycles. The molecule has 0 bridgehead atoms. The molecule has 1 aromatic carbocycles. The molecule has 0 saturated heterocycles. The van der Waals surface area contributed by atoms with Crippen molar-refractivity contribution < 1.29 is 33.3 Å². The van der Waals surface area contributed by atoms with Gasteiger partial charge in [0.1, 0.15) is 0 Å². The van der Waals surface area contributed by atoms with Gasteiger partial charge in [-0.3, -0.25) is 14.5 Å². The largest absolute Gasteiger partial charge is 0.493 e. The second-order valence-electron chi connectivity index (χ2n) is 4.69. The van der Waals surface area contributed by atoms with Gasteiger partial charge in [0.05, 0.1) is 39.1 Å². The van der Waals surface area contributed by atoms with Crippen LogP contribution < -0.4 is 19.1 Å². The van der Waals surface area contributed by atoms with Crippen molar-refractivity contribution in [1.29, 1.82) is 0 Å². The number of nitrogens with zero attached hydrogens (tertiary/aromatic N) is 1. The van der Waals surface area contributed by atoms with Gasteiger partial charge in [0.15, 0.2) is 17.8 Å². The van der Waals surface area contributed by atoms with Crippen molar-refractivity contribution in [2.75, 3.05) is 47.0 Å². The van der Waals surface area contributed by atoms with Gasteiger partial charge in [-0.25, -0.2) is 0 Å². The van der Waals surface area contributed by atoms with E-state index in [9.17, 15) is 9.59 Å². The van der Waals surface area contributed by atoms with Crippen molar-refractivity contribution in [2.45, 2.75) is 6.29 Å². The summed E-state index contributed by atoms with van der Waals surface area (Å²) in [6.45, 7) is 0.0587. The van der Waals surface area contributed by atoms with E-state index < -0.39 is 18.0 Å². The second-order valence-corrected chi connectivity index (χ2v) is 4.69. The van der Waals surface area contributed by atoms with Crippen LogP contribution >= 0.6 is 0 Å². The Morgan fingerprint density at radius 3 is 2.04 bits per heavy atom. The molecular weight excluding hydrogens is 306 g/mol. The molecule has 1 amide bonds. The predicted molar refractivity (Wildman–Crippen MR) is 80.6 cm³/mol. The van der Waals surface area contributed by atoms with Crippen molar-refractivity contribution in [2.24, 2.45) is 0 Å². The summed E-state index contributed by atoms with van der Waals surface area (Å²) < 4.78 is 26.0. The normalized spacial score (nSPS) is 13.6. The van der Waals surface area contributed by atoms with Gasteiger partial charge in [0.2, 0.25) is 5.75 Å². The molecule has 0 aromatic heterocycles. The quantitative estimate of drug-likeness (QED) is 0.543. The van der Waals surface area contributed by atoms with Crippen LogP contribution in [0.3, 0.4) is 0 Å². The maximum atomic E-state index is 12.4. The van der Waals surface area contributed by atoms with E-state index in [2.05, 4.69) is 0 Å². The van der Waals surface area contributed by atoms with E-state index in [1.54, 1.807) is 6.07 Å². The van der Waals surface area contributed by atoms with Gasteiger partial charge in [-0.15, -0.1) is 0 Å². The minimum Gasteiger partial charge on any atom is -0.493 e. The van der Waals surface area contributed by atoms with Crippen molar-refractivity contribution in [3.8, 4) is 17.2 Å². The number of carbonyl (C=O) groups is 2. The van der Waals surface area contributed by atoms with E-state index in [0.717, 1.165) is 0 Å². The Kier molecular flexibility index (Phi) is 5.07. The highest BCUT2D eigenvalue weighted by molar-refractivity contribution is 6.53. The predicted octanol–water partition coefficient (Wildman–Crippen LogP) is 0.861. The van der Waals surface area contributed by atoms with E-state index in [1.807, 2.05) is 0 Å². The highest BCUT2D eigenvalue weighted by atomic mass is 16.7. The fourth-order valence-corrected chi connectivity index (χ4v) is 2.49. The van der Waals surface area contributed by atoms with Crippen LogP contribution in [0, 0.1) is 0 Å². The molecular formula is C15H19NO7. The molecule has 126 valence electrons. The molecule has 0 radical (unpaired) electrons. The molecule has 0 aliphatic carbocycles. The monoisotopic (exact) mass is 325 g/mol. The lowest BCUT2D eigenvalue weighted by molar-refractivity contribution is -0.119. The lowest BCUT2D eigenvalue weighted by Crippen LogP contribution is -2.38. The molecule has 23 heavy (non-hydrogen) atoms. The van der Waals surface area contributed by atoms with Gasteiger partial charge in [0.25, 0.3) is 11.7 Å². The van der Waals surface area contributed by atoms with Gasteiger partial charge in [-0.05, 0) is 0 Å². The van der Waals surface area contributed by atoms with Crippen LogP contribution in [0.25, 0.3) is 0 Å². The lowest BCUT2D eigenvalue weighted by atomic mass is 10.1. The number of fused-ring (bicyclic) bond motifs is 1. The zero-order valence-corrected chi connectivity index (χ0v) is 13.7. The summed E-state index contributed by atoms with van der Waals surface area (Å²) in [5.74, 6) is -0.598. The van der Waals surface area contributed by atoms with Crippen LogP contribution in [-0.4, -0.2) is 60.1 Å². The highest BCUT2D eigenvalue weighted by Gasteiger charge is 2.42. The van der Waals surface area contributed by atoms with Crippen LogP contribution in [0.15, 0.2) is 6.07 Å². The molecule has 0 spiro atoms. The number of methoxy groups -OCH3 is 5. The summed E-state index contributed by atoms with van der Waals surface area (Å²) in [6.07, 6.45) is -0.670. The Morgan fingerprint density at radius 1 is 0.957 bits per heavy atom. The molecule has 0 atom stereocenters. The number of ether oxygens (including phenoxy) is 5. The molecule has 2 rings (SSSR count). The van der Waals surface area contributed by atoms with Crippen LogP contribution in [0.1, 0.15) is 10.4 Å². The molecule has 8 heteroatoms. The standard InChI is InChI=1S/C15H19NO7/c1-19-9-6-8-11(14(23-5)13(9)22-4)12(17)15(18)16(8)7-10(20-2)21-3/h6,10H,7H2,1-5H3. The summed E-state index contributed by atoms with van der Waals surface area (Å²) in [4.78, 5) is 26.0. The number of carbonyl (C=O) groups excluding carboxylic acids is 2. The molecule has 8 nitrogen and oxygen atoms in total. The third kappa shape index (κ3) is 2.71. The van der Waals surface area contributed by atoms with Gasteiger partial charge >= 0.3 is 0 Å². The number of benzene rings is 1. The van der Waals surface area contributed by atoms with Gasteiger partial charge in [-0.2, -0.15) is 0 Å². The molecule has 1 aliphatic rings. The van der Waals surface area contributed by atoms with E-state index in [-0.39, 0.29) is 23.6 Å². The number of ketones is 1. The van der Waals surface area contributed by atoms with Gasteiger partial charge in [-0.1, -0.05) is 0 Å². The Bertz CT molecular complexity index is 625. The smallest absolute Gasteiger partial charge is 0.299 e. The molecule has 0 saturated carbocycles. The zero-order chi connectivity index (χ0) is 17.1. The van der Waals surface area contributed by atoms with E-state index >= 15 is 0 Å². The number of Topliss-reactive ketones (excluding diaryl/α,β-unsaturated/α-hetero) is 1.